The molecular weight excluding hydrogens is 438 g/mol. The van der Waals surface area contributed by atoms with Crippen molar-refractivity contribution in [2.45, 2.75) is 18.6 Å². The van der Waals surface area contributed by atoms with Gasteiger partial charge in [-0.1, -0.05) is 41.6 Å². The molecule has 1 aromatic heterocycles. The number of aromatic nitrogens is 3. The van der Waals surface area contributed by atoms with E-state index in [1.54, 1.807) is 48.0 Å². The van der Waals surface area contributed by atoms with Crippen molar-refractivity contribution in [2.24, 2.45) is 7.05 Å². The highest BCUT2D eigenvalue weighted by Crippen LogP contribution is 2.21. The third-order valence-electron chi connectivity index (χ3n) is 4.47. The zero-order chi connectivity index (χ0) is 22.4. The number of nitrogens with zero attached hydrogens (tertiary/aromatic N) is 3. The molecule has 3 rings (SSSR count). The molecule has 2 amide bonds. The van der Waals surface area contributed by atoms with Crippen LogP contribution in [0.2, 0.25) is 5.02 Å². The summed E-state index contributed by atoms with van der Waals surface area (Å²) in [6.07, 6.45) is 0. The molecule has 2 aromatic carbocycles. The van der Waals surface area contributed by atoms with E-state index in [4.69, 9.17) is 16.3 Å². The number of thioether (sulfide) groups is 1. The van der Waals surface area contributed by atoms with E-state index in [0.29, 0.717) is 33.0 Å². The fourth-order valence-electron chi connectivity index (χ4n) is 2.71. The fraction of sp³-hybridized carbons (Fsp3) is 0.238. The van der Waals surface area contributed by atoms with E-state index < -0.39 is 0 Å². The maximum atomic E-state index is 12.4. The highest BCUT2D eigenvalue weighted by Gasteiger charge is 2.15. The van der Waals surface area contributed by atoms with Crippen molar-refractivity contribution in [1.82, 2.24) is 20.1 Å². The van der Waals surface area contributed by atoms with Gasteiger partial charge in [0.1, 0.15) is 5.75 Å². The molecule has 0 fully saturated rings. The molecule has 8 nitrogen and oxygen atoms in total. The van der Waals surface area contributed by atoms with Gasteiger partial charge < -0.3 is 19.9 Å². The first-order chi connectivity index (χ1) is 14.9. The lowest BCUT2D eigenvalue weighted by Crippen LogP contribution is -2.25. The number of para-hydroxylation sites is 1. The van der Waals surface area contributed by atoms with E-state index in [-0.39, 0.29) is 24.1 Å². The van der Waals surface area contributed by atoms with Gasteiger partial charge in [0.25, 0.3) is 5.91 Å². The topological polar surface area (TPSA) is 98.1 Å². The molecule has 1 heterocycles. The van der Waals surface area contributed by atoms with Gasteiger partial charge >= 0.3 is 0 Å². The SMILES string of the molecule is COc1ccccc1C(=O)NCc1nnc(SCC(=O)Nc2ccc(C)c(Cl)c2)n1C. The van der Waals surface area contributed by atoms with Gasteiger partial charge in [0.2, 0.25) is 5.91 Å². The number of hydrogen-bond acceptors (Lipinski definition) is 6. The van der Waals surface area contributed by atoms with Gasteiger partial charge in [-0.2, -0.15) is 0 Å². The van der Waals surface area contributed by atoms with Crippen LogP contribution in [-0.2, 0) is 18.4 Å². The molecule has 0 aliphatic rings. The van der Waals surface area contributed by atoms with Gasteiger partial charge in [-0.15, -0.1) is 10.2 Å². The van der Waals surface area contributed by atoms with Crippen LogP contribution in [0.15, 0.2) is 47.6 Å². The third kappa shape index (κ3) is 5.77. The second-order valence-corrected chi connectivity index (χ2v) is 7.99. The van der Waals surface area contributed by atoms with Crippen LogP contribution < -0.4 is 15.4 Å². The van der Waals surface area contributed by atoms with E-state index in [1.807, 2.05) is 13.0 Å². The Morgan fingerprint density at radius 1 is 1.19 bits per heavy atom. The van der Waals surface area contributed by atoms with Crippen LogP contribution in [-0.4, -0.2) is 39.4 Å². The number of aryl methyl sites for hydroxylation is 1. The summed E-state index contributed by atoms with van der Waals surface area (Å²) in [5.74, 6) is 0.765. The minimum Gasteiger partial charge on any atom is -0.496 e. The van der Waals surface area contributed by atoms with Gasteiger partial charge in [0, 0.05) is 17.8 Å². The average molecular weight is 460 g/mol. The summed E-state index contributed by atoms with van der Waals surface area (Å²) in [4.78, 5) is 24.7. The van der Waals surface area contributed by atoms with Crippen LogP contribution in [0.1, 0.15) is 21.7 Å². The summed E-state index contributed by atoms with van der Waals surface area (Å²) in [7, 11) is 3.30. The number of anilines is 1. The molecule has 0 aliphatic heterocycles. The fourth-order valence-corrected chi connectivity index (χ4v) is 3.62. The van der Waals surface area contributed by atoms with Gasteiger partial charge in [-0.25, -0.2) is 0 Å². The molecule has 0 spiro atoms. The standard InChI is InChI=1S/C21H22ClN5O3S/c1-13-8-9-14(10-16(13)22)24-19(28)12-31-21-26-25-18(27(21)2)11-23-20(29)15-6-4-5-7-17(15)30-3/h4-10H,11-12H2,1-3H3,(H,23,29)(H,24,28). The number of methoxy groups -OCH3 is 1. The Labute approximate surface area is 189 Å². The van der Waals surface area contributed by atoms with Crippen molar-refractivity contribution in [2.75, 3.05) is 18.2 Å². The normalized spacial score (nSPS) is 10.6. The smallest absolute Gasteiger partial charge is 0.255 e. The second-order valence-electron chi connectivity index (χ2n) is 6.64. The first-order valence-corrected chi connectivity index (χ1v) is 10.7. The molecule has 0 unspecified atom stereocenters. The van der Waals surface area contributed by atoms with Crippen molar-refractivity contribution < 1.29 is 14.3 Å². The lowest BCUT2D eigenvalue weighted by Gasteiger charge is -2.09. The Morgan fingerprint density at radius 3 is 2.71 bits per heavy atom. The molecule has 0 saturated carbocycles. The lowest BCUT2D eigenvalue weighted by atomic mass is 10.2. The highest BCUT2D eigenvalue weighted by molar-refractivity contribution is 7.99. The first-order valence-electron chi connectivity index (χ1n) is 9.37. The number of nitrogens with one attached hydrogen (secondary N) is 2. The summed E-state index contributed by atoms with van der Waals surface area (Å²) in [6, 6.07) is 12.3. The maximum absolute atomic E-state index is 12.4. The van der Waals surface area contributed by atoms with Gasteiger partial charge in [0.05, 0.1) is 25.0 Å². The summed E-state index contributed by atoms with van der Waals surface area (Å²) >= 11 is 7.34. The van der Waals surface area contributed by atoms with Crippen LogP contribution in [0, 0.1) is 6.92 Å². The highest BCUT2D eigenvalue weighted by atomic mass is 35.5. The van der Waals surface area contributed by atoms with Crippen LogP contribution in [0.5, 0.6) is 5.75 Å². The second kappa shape index (κ2) is 10.3. The molecular formula is C21H22ClN5O3S. The Balaban J connectivity index is 1.54. The van der Waals surface area contributed by atoms with Crippen LogP contribution in [0.3, 0.4) is 0 Å². The van der Waals surface area contributed by atoms with E-state index in [0.717, 1.165) is 5.56 Å². The van der Waals surface area contributed by atoms with Crippen LogP contribution >= 0.6 is 23.4 Å². The Kier molecular flexibility index (Phi) is 7.54. The molecule has 31 heavy (non-hydrogen) atoms. The van der Waals surface area contributed by atoms with Crippen molar-refractivity contribution in [1.29, 1.82) is 0 Å². The summed E-state index contributed by atoms with van der Waals surface area (Å²) in [5, 5.41) is 15.0. The molecule has 3 aromatic rings. The van der Waals surface area contributed by atoms with Crippen molar-refractivity contribution in [3.63, 3.8) is 0 Å². The largest absolute Gasteiger partial charge is 0.496 e. The molecule has 10 heteroatoms. The van der Waals surface area contributed by atoms with E-state index in [2.05, 4.69) is 20.8 Å². The van der Waals surface area contributed by atoms with Gasteiger partial charge in [0.15, 0.2) is 11.0 Å². The number of halogens is 1. The number of benzene rings is 2. The van der Waals surface area contributed by atoms with E-state index >= 15 is 0 Å². The number of hydrogen-bond donors (Lipinski definition) is 2. The molecule has 0 radical (unpaired) electrons. The first kappa shape index (κ1) is 22.6. The number of ether oxygens (including phenoxy) is 1. The minimum absolute atomic E-state index is 0.158. The van der Waals surface area contributed by atoms with Crippen molar-refractivity contribution in [3.05, 3.63) is 64.4 Å². The molecule has 0 atom stereocenters. The molecule has 0 saturated heterocycles. The Morgan fingerprint density at radius 2 is 1.97 bits per heavy atom. The maximum Gasteiger partial charge on any atom is 0.255 e. The summed E-state index contributed by atoms with van der Waals surface area (Å²) in [6.45, 7) is 2.09. The average Bonchev–Trinajstić information content (AvgIpc) is 3.12. The van der Waals surface area contributed by atoms with Crippen LogP contribution in [0.4, 0.5) is 5.69 Å². The molecule has 0 bridgehead atoms. The van der Waals surface area contributed by atoms with Gasteiger partial charge in [-0.05, 0) is 36.8 Å². The predicted molar refractivity (Wildman–Crippen MR) is 121 cm³/mol. The quantitative estimate of drug-likeness (QED) is 0.501. The molecule has 162 valence electrons. The lowest BCUT2D eigenvalue weighted by molar-refractivity contribution is -0.113. The monoisotopic (exact) mass is 459 g/mol. The summed E-state index contributed by atoms with van der Waals surface area (Å²) in [5.41, 5.74) is 2.02. The zero-order valence-corrected chi connectivity index (χ0v) is 18.9. The molecule has 2 N–H and O–H groups in total. The third-order valence-corrected chi connectivity index (χ3v) is 5.90. The number of carbonyl (C=O) groups is 2. The van der Waals surface area contributed by atoms with E-state index in [1.165, 1.54) is 18.9 Å². The predicted octanol–water partition coefficient (Wildman–Crippen LogP) is 3.45. The van der Waals surface area contributed by atoms with Crippen LogP contribution in [0.25, 0.3) is 0 Å². The Hall–Kier alpha value is -3.04. The van der Waals surface area contributed by atoms with Crippen molar-refractivity contribution in [3.8, 4) is 5.75 Å². The minimum atomic E-state index is -0.272. The Bertz CT molecular complexity index is 1100. The number of amides is 2. The zero-order valence-electron chi connectivity index (χ0n) is 17.3. The van der Waals surface area contributed by atoms with E-state index in [9.17, 15) is 9.59 Å². The van der Waals surface area contributed by atoms with Crippen molar-refractivity contribution >= 4 is 40.9 Å². The van der Waals surface area contributed by atoms with Gasteiger partial charge in [-0.3, -0.25) is 9.59 Å². The summed E-state index contributed by atoms with van der Waals surface area (Å²) < 4.78 is 6.95. The molecule has 0 aliphatic carbocycles. The number of rotatable bonds is 8. The number of carbonyl (C=O) groups excluding carboxylic acids is 2.